The number of H-pyrrole nitrogens is 1. The van der Waals surface area contributed by atoms with Crippen LogP contribution in [0.5, 0.6) is 0 Å². The molecule has 53 heavy (non-hydrogen) atoms. The lowest BCUT2D eigenvalue weighted by molar-refractivity contribution is -0.110. The van der Waals surface area contributed by atoms with Crippen molar-refractivity contribution in [2.45, 2.75) is 26.7 Å². The smallest absolute Gasteiger partial charge is 0.409 e. The zero-order chi connectivity index (χ0) is 35.5. The standard InChI is InChI=1S/C38H39FN6O5.3ClH/c1-4-45(38(49)50-20-31-26-8-6-5-7-25(26)27-11-9-23(17-28(27)31)35(46)41-14-13-40)16-15-42-37(48)34-21(2)33(43-22(34)3)19-30-29-18-24(39)10-12-32(29)44-36(30)47;;;/h5-12,17-19,31,43H,4,13-16,20,40H2,1-3H3,(H,41,46)(H,42,48)(H,44,47);3*1H/b30-19-;;;. The fraction of sp³-hybridized carbons (Fsp3) is 0.263. The summed E-state index contributed by atoms with van der Waals surface area (Å²) in [7, 11) is 0. The molecule has 11 nitrogen and oxygen atoms in total. The Morgan fingerprint density at radius 3 is 2.38 bits per heavy atom. The third-order valence-electron chi connectivity index (χ3n) is 9.18. The second-order valence-corrected chi connectivity index (χ2v) is 12.3. The second-order valence-electron chi connectivity index (χ2n) is 12.3. The average Bonchev–Trinajstić information content (AvgIpc) is 3.70. The van der Waals surface area contributed by atoms with Crippen molar-refractivity contribution in [3.63, 3.8) is 0 Å². The number of hydrogen-bond donors (Lipinski definition) is 5. The Kier molecular flexibility index (Phi) is 14.6. The van der Waals surface area contributed by atoms with Crippen LogP contribution in [0.1, 0.15) is 67.2 Å². The number of amides is 4. The van der Waals surface area contributed by atoms with Gasteiger partial charge in [-0.2, -0.15) is 0 Å². The number of aromatic nitrogens is 1. The van der Waals surface area contributed by atoms with E-state index in [1.807, 2.05) is 43.3 Å². The number of carbonyl (C=O) groups excluding carboxylic acids is 4. The van der Waals surface area contributed by atoms with Crippen molar-refractivity contribution in [2.75, 3.05) is 44.6 Å². The van der Waals surface area contributed by atoms with E-state index in [-0.39, 0.29) is 80.6 Å². The van der Waals surface area contributed by atoms with Crippen LogP contribution in [-0.2, 0) is 9.53 Å². The van der Waals surface area contributed by atoms with Crippen molar-refractivity contribution in [3.05, 3.63) is 111 Å². The van der Waals surface area contributed by atoms with E-state index < -0.39 is 11.9 Å². The van der Waals surface area contributed by atoms with Gasteiger partial charge in [-0.1, -0.05) is 30.3 Å². The Morgan fingerprint density at radius 1 is 0.925 bits per heavy atom. The highest BCUT2D eigenvalue weighted by Crippen LogP contribution is 2.45. The summed E-state index contributed by atoms with van der Waals surface area (Å²) >= 11 is 0. The van der Waals surface area contributed by atoms with Gasteiger partial charge in [0.25, 0.3) is 17.7 Å². The van der Waals surface area contributed by atoms with Gasteiger partial charge < -0.3 is 36.3 Å². The number of anilines is 1. The molecule has 2 aliphatic rings. The van der Waals surface area contributed by atoms with Gasteiger partial charge >= 0.3 is 6.09 Å². The minimum atomic E-state index is -0.515. The minimum absolute atomic E-state index is 0. The highest BCUT2D eigenvalue weighted by Gasteiger charge is 2.31. The summed E-state index contributed by atoms with van der Waals surface area (Å²) in [6.45, 7) is 6.90. The number of nitrogens with one attached hydrogen (secondary N) is 4. The molecule has 0 fully saturated rings. The minimum Gasteiger partial charge on any atom is -0.448 e. The number of likely N-dealkylation sites (N-methyl/N-ethyl adjacent to an activating group) is 1. The van der Waals surface area contributed by atoms with Crippen LogP contribution in [0.15, 0.2) is 60.7 Å². The van der Waals surface area contributed by atoms with Crippen LogP contribution in [0.4, 0.5) is 14.9 Å². The molecule has 15 heteroatoms. The average molecular weight is 788 g/mol. The topological polar surface area (TPSA) is 159 Å². The van der Waals surface area contributed by atoms with Gasteiger partial charge in [-0.15, -0.1) is 37.2 Å². The van der Waals surface area contributed by atoms with Crippen LogP contribution in [0, 0.1) is 19.7 Å². The zero-order valence-electron chi connectivity index (χ0n) is 29.3. The first-order valence-corrected chi connectivity index (χ1v) is 16.5. The molecule has 0 radical (unpaired) electrons. The molecule has 1 atom stereocenters. The molecule has 1 aliphatic heterocycles. The van der Waals surface area contributed by atoms with E-state index in [4.69, 9.17) is 10.5 Å². The fourth-order valence-electron chi connectivity index (χ4n) is 6.64. The quantitative estimate of drug-likeness (QED) is 0.114. The number of benzene rings is 3. The number of halogens is 4. The van der Waals surface area contributed by atoms with Crippen LogP contribution in [0.3, 0.4) is 0 Å². The molecule has 0 saturated carbocycles. The molecule has 0 saturated heterocycles. The van der Waals surface area contributed by atoms with Crippen LogP contribution in [0.25, 0.3) is 22.8 Å². The molecule has 0 spiro atoms. The van der Waals surface area contributed by atoms with E-state index in [0.29, 0.717) is 64.5 Å². The number of fused-ring (bicyclic) bond motifs is 4. The molecule has 1 unspecified atom stereocenters. The Morgan fingerprint density at radius 2 is 1.64 bits per heavy atom. The van der Waals surface area contributed by atoms with Gasteiger partial charge in [0.1, 0.15) is 12.4 Å². The highest BCUT2D eigenvalue weighted by atomic mass is 35.5. The van der Waals surface area contributed by atoms with Crippen LogP contribution in [-0.4, -0.2) is 73.0 Å². The zero-order valence-corrected chi connectivity index (χ0v) is 31.8. The summed E-state index contributed by atoms with van der Waals surface area (Å²) in [5, 5.41) is 8.42. The van der Waals surface area contributed by atoms with Crippen LogP contribution in [0.2, 0.25) is 0 Å². The summed E-state index contributed by atoms with van der Waals surface area (Å²) in [6, 6.07) is 17.6. The largest absolute Gasteiger partial charge is 0.448 e. The van der Waals surface area contributed by atoms with E-state index in [2.05, 4.69) is 20.9 Å². The molecule has 4 amide bonds. The molecule has 282 valence electrons. The van der Waals surface area contributed by atoms with Gasteiger partial charge in [-0.3, -0.25) is 14.4 Å². The predicted molar refractivity (Wildman–Crippen MR) is 211 cm³/mol. The van der Waals surface area contributed by atoms with Crippen LogP contribution < -0.4 is 21.7 Å². The SMILES string of the molecule is CCN(CCNC(=O)c1c(C)[nH]c(/C=C2\C(=O)Nc3ccc(F)cc32)c1C)C(=O)OCC1c2ccccc2-c2ccc(C(=O)NCCN)cc21.Cl.Cl.Cl. The lowest BCUT2D eigenvalue weighted by Crippen LogP contribution is -2.39. The number of carbonyl (C=O) groups is 4. The number of aromatic amines is 1. The first kappa shape index (κ1) is 42.5. The lowest BCUT2D eigenvalue weighted by Gasteiger charge is -2.22. The Bertz CT molecular complexity index is 2050. The van der Waals surface area contributed by atoms with Gasteiger partial charge in [-0.05, 0) is 85.0 Å². The summed E-state index contributed by atoms with van der Waals surface area (Å²) in [4.78, 5) is 56.5. The fourth-order valence-corrected chi connectivity index (χ4v) is 6.64. The number of rotatable bonds is 11. The van der Waals surface area contributed by atoms with E-state index >= 15 is 0 Å². The maximum atomic E-state index is 13.9. The number of nitrogens with zero attached hydrogens (tertiary/aromatic N) is 1. The number of nitrogens with two attached hydrogens (primary N) is 1. The van der Waals surface area contributed by atoms with E-state index in [1.54, 1.807) is 26.0 Å². The third-order valence-corrected chi connectivity index (χ3v) is 9.18. The lowest BCUT2D eigenvalue weighted by atomic mass is 9.96. The monoisotopic (exact) mass is 786 g/mol. The maximum absolute atomic E-state index is 13.9. The predicted octanol–water partition coefficient (Wildman–Crippen LogP) is 6.22. The summed E-state index contributed by atoms with van der Waals surface area (Å²) in [6.07, 6.45) is 1.10. The Hall–Kier alpha value is -4.88. The molecular weight excluding hydrogens is 746 g/mol. The molecule has 1 aromatic heterocycles. The van der Waals surface area contributed by atoms with Crippen molar-refractivity contribution in [1.82, 2.24) is 20.5 Å². The Balaban J connectivity index is 0.00000252. The highest BCUT2D eigenvalue weighted by molar-refractivity contribution is 6.35. The summed E-state index contributed by atoms with van der Waals surface area (Å²) < 4.78 is 19.8. The first-order chi connectivity index (χ1) is 24.1. The molecule has 6 rings (SSSR count). The van der Waals surface area contributed by atoms with Gasteiger partial charge in [0.2, 0.25) is 0 Å². The van der Waals surface area contributed by atoms with Gasteiger partial charge in [0, 0.05) is 66.8 Å². The third kappa shape index (κ3) is 8.68. The normalized spacial score (nSPS) is 14.0. The van der Waals surface area contributed by atoms with Crippen molar-refractivity contribution in [3.8, 4) is 11.1 Å². The second kappa shape index (κ2) is 18.2. The Labute approximate surface area is 325 Å². The maximum Gasteiger partial charge on any atom is 0.409 e. The summed E-state index contributed by atoms with van der Waals surface area (Å²) in [5.41, 5.74) is 13.5. The molecule has 1 aliphatic carbocycles. The number of ether oxygens (including phenoxy) is 1. The van der Waals surface area contributed by atoms with Gasteiger partial charge in [0.05, 0.1) is 11.1 Å². The summed E-state index contributed by atoms with van der Waals surface area (Å²) in [5.74, 6) is -1.61. The molecule has 6 N–H and O–H groups in total. The van der Waals surface area contributed by atoms with Crippen molar-refractivity contribution in [1.29, 1.82) is 0 Å². The van der Waals surface area contributed by atoms with Crippen molar-refractivity contribution in [2.24, 2.45) is 5.73 Å². The van der Waals surface area contributed by atoms with Crippen molar-refractivity contribution >= 4 is 78.4 Å². The van der Waals surface area contributed by atoms with Gasteiger partial charge in [-0.25, -0.2) is 9.18 Å². The molecule has 3 aromatic carbocycles. The number of hydrogen-bond acceptors (Lipinski definition) is 6. The number of aryl methyl sites for hydroxylation is 1. The molecule has 2 heterocycles. The molecular formula is C38H42Cl3FN6O5. The molecule has 0 bridgehead atoms. The van der Waals surface area contributed by atoms with E-state index in [9.17, 15) is 23.6 Å². The van der Waals surface area contributed by atoms with E-state index in [0.717, 1.165) is 22.3 Å². The van der Waals surface area contributed by atoms with Gasteiger partial charge in [0.15, 0.2) is 0 Å². The molecule has 4 aromatic rings. The van der Waals surface area contributed by atoms with Crippen molar-refractivity contribution < 1.29 is 28.3 Å². The van der Waals surface area contributed by atoms with E-state index in [1.165, 1.54) is 23.1 Å². The first-order valence-electron chi connectivity index (χ1n) is 16.5. The van der Waals surface area contributed by atoms with Crippen LogP contribution >= 0.6 is 37.2 Å².